The van der Waals surface area contributed by atoms with Crippen LogP contribution in [0, 0.1) is 23.7 Å². The van der Waals surface area contributed by atoms with Crippen LogP contribution in [0.25, 0.3) is 0 Å². The van der Waals surface area contributed by atoms with Gasteiger partial charge in [0.25, 0.3) is 0 Å². The molecule has 0 aromatic carbocycles. The first-order chi connectivity index (χ1) is 9.11. The Morgan fingerprint density at radius 1 is 0.947 bits per heavy atom. The molecule has 2 N–H and O–H groups in total. The van der Waals surface area contributed by atoms with Crippen molar-refractivity contribution in [1.29, 1.82) is 0 Å². The van der Waals surface area contributed by atoms with E-state index in [9.17, 15) is 0 Å². The maximum absolute atomic E-state index is 5.67. The number of nitrogens with two attached hydrogens (primary N) is 1. The van der Waals surface area contributed by atoms with Gasteiger partial charge in [0.15, 0.2) is 0 Å². The average Bonchev–Trinajstić information content (AvgIpc) is 2.39. The second-order valence-electron chi connectivity index (χ2n) is 6.07. The van der Waals surface area contributed by atoms with Crippen LogP contribution in [0.4, 0.5) is 0 Å². The van der Waals surface area contributed by atoms with Crippen molar-refractivity contribution >= 4 is 0 Å². The predicted molar refractivity (Wildman–Crippen MR) is 87.0 cm³/mol. The Morgan fingerprint density at radius 3 is 2.21 bits per heavy atom. The molecule has 0 rings (SSSR count). The summed E-state index contributed by atoms with van der Waals surface area (Å²) >= 11 is 0. The molecule has 3 atom stereocenters. The Bertz CT molecular complexity index is 246. The summed E-state index contributed by atoms with van der Waals surface area (Å²) in [5.41, 5.74) is 5.67. The highest BCUT2D eigenvalue weighted by Crippen LogP contribution is 2.26. The molecule has 0 aliphatic heterocycles. The Kier molecular flexibility index (Phi) is 12.2. The molecule has 0 aliphatic carbocycles. The zero-order valence-corrected chi connectivity index (χ0v) is 13.7. The van der Waals surface area contributed by atoms with Crippen molar-refractivity contribution in [1.82, 2.24) is 0 Å². The molecule has 0 saturated carbocycles. The fraction of sp³-hybridized carbons (Fsp3) is 0.889. The van der Waals surface area contributed by atoms with Crippen LogP contribution in [0.1, 0.15) is 85.5 Å². The zero-order chi connectivity index (χ0) is 14.5. The first kappa shape index (κ1) is 18.5. The van der Waals surface area contributed by atoms with Gasteiger partial charge in [-0.15, -0.1) is 11.8 Å². The molecular weight excluding hydrogens is 230 g/mol. The summed E-state index contributed by atoms with van der Waals surface area (Å²) in [4.78, 5) is 0. The van der Waals surface area contributed by atoms with E-state index >= 15 is 0 Å². The zero-order valence-electron chi connectivity index (χ0n) is 13.7. The van der Waals surface area contributed by atoms with E-state index in [1.165, 1.54) is 44.9 Å². The molecule has 0 saturated heterocycles. The van der Waals surface area contributed by atoms with Crippen LogP contribution < -0.4 is 5.73 Å². The lowest BCUT2D eigenvalue weighted by Crippen LogP contribution is -2.12. The molecule has 0 aliphatic rings. The third-order valence-corrected chi connectivity index (χ3v) is 4.05. The van der Waals surface area contributed by atoms with Crippen LogP contribution in [0.5, 0.6) is 0 Å². The van der Waals surface area contributed by atoms with Crippen molar-refractivity contribution in [2.24, 2.45) is 17.6 Å². The van der Waals surface area contributed by atoms with Crippen LogP contribution in [0.2, 0.25) is 0 Å². The summed E-state index contributed by atoms with van der Waals surface area (Å²) in [5, 5.41) is 0. The third kappa shape index (κ3) is 11.1. The van der Waals surface area contributed by atoms with Crippen LogP contribution >= 0.6 is 0 Å². The van der Waals surface area contributed by atoms with Gasteiger partial charge in [0.05, 0.1) is 0 Å². The van der Waals surface area contributed by atoms with Gasteiger partial charge in [-0.2, -0.15) is 0 Å². The van der Waals surface area contributed by atoms with E-state index in [2.05, 4.69) is 32.6 Å². The fourth-order valence-corrected chi connectivity index (χ4v) is 2.45. The van der Waals surface area contributed by atoms with Gasteiger partial charge in [0.2, 0.25) is 0 Å². The number of rotatable bonds is 10. The van der Waals surface area contributed by atoms with Crippen molar-refractivity contribution < 1.29 is 0 Å². The smallest absolute Gasteiger partial charge is 0.0238 e. The van der Waals surface area contributed by atoms with Crippen LogP contribution in [-0.2, 0) is 0 Å². The predicted octanol–water partition coefficient (Wildman–Crippen LogP) is 5.14. The summed E-state index contributed by atoms with van der Waals surface area (Å²) in [5.74, 6) is 8.23. The van der Waals surface area contributed by atoms with Gasteiger partial charge in [-0.05, 0) is 25.2 Å². The lowest BCUT2D eigenvalue weighted by atomic mass is 9.83. The molecule has 112 valence electrons. The van der Waals surface area contributed by atoms with Crippen molar-refractivity contribution in [3.8, 4) is 11.8 Å². The SMILES string of the molecule is CCCCC(CCCCC#CCC(C)N)C(C)CC. The Labute approximate surface area is 121 Å². The van der Waals surface area contributed by atoms with E-state index in [1.807, 2.05) is 6.92 Å². The molecular formula is C18H35N. The fourth-order valence-electron chi connectivity index (χ4n) is 2.45. The molecule has 0 heterocycles. The van der Waals surface area contributed by atoms with E-state index in [1.54, 1.807) is 0 Å². The number of hydrogen-bond donors (Lipinski definition) is 1. The summed E-state index contributed by atoms with van der Waals surface area (Å²) in [6, 6.07) is 0.219. The minimum Gasteiger partial charge on any atom is -0.327 e. The highest BCUT2D eigenvalue weighted by atomic mass is 14.6. The summed E-state index contributed by atoms with van der Waals surface area (Å²) in [6.45, 7) is 9.05. The van der Waals surface area contributed by atoms with Gasteiger partial charge >= 0.3 is 0 Å². The molecule has 0 spiro atoms. The largest absolute Gasteiger partial charge is 0.327 e. The number of unbranched alkanes of at least 4 members (excludes halogenated alkanes) is 3. The van der Waals surface area contributed by atoms with Gasteiger partial charge in [0.1, 0.15) is 0 Å². The van der Waals surface area contributed by atoms with Crippen molar-refractivity contribution in [2.45, 2.75) is 91.5 Å². The Morgan fingerprint density at radius 2 is 1.63 bits per heavy atom. The third-order valence-electron chi connectivity index (χ3n) is 4.05. The maximum atomic E-state index is 5.67. The second kappa shape index (κ2) is 12.5. The molecule has 3 unspecified atom stereocenters. The lowest BCUT2D eigenvalue weighted by molar-refractivity contribution is 0.292. The van der Waals surface area contributed by atoms with Crippen molar-refractivity contribution in [3.63, 3.8) is 0 Å². The minimum absolute atomic E-state index is 0.219. The monoisotopic (exact) mass is 265 g/mol. The number of hydrogen-bond acceptors (Lipinski definition) is 1. The van der Waals surface area contributed by atoms with Gasteiger partial charge < -0.3 is 5.73 Å². The van der Waals surface area contributed by atoms with Crippen LogP contribution in [0.3, 0.4) is 0 Å². The molecule has 1 heteroatoms. The van der Waals surface area contributed by atoms with E-state index < -0.39 is 0 Å². The summed E-state index contributed by atoms with van der Waals surface area (Å²) < 4.78 is 0. The normalized spacial score (nSPS) is 15.4. The highest BCUT2D eigenvalue weighted by molar-refractivity contribution is 5.00. The van der Waals surface area contributed by atoms with Crippen molar-refractivity contribution in [2.75, 3.05) is 0 Å². The van der Waals surface area contributed by atoms with Crippen LogP contribution in [0.15, 0.2) is 0 Å². The summed E-state index contributed by atoms with van der Waals surface area (Å²) in [7, 11) is 0. The van der Waals surface area contributed by atoms with Crippen molar-refractivity contribution in [3.05, 3.63) is 0 Å². The molecule has 0 bridgehead atoms. The molecule has 0 amide bonds. The topological polar surface area (TPSA) is 26.0 Å². The summed E-state index contributed by atoms with van der Waals surface area (Å²) in [6.07, 6.45) is 11.3. The van der Waals surface area contributed by atoms with E-state index in [0.29, 0.717) is 0 Å². The van der Waals surface area contributed by atoms with E-state index in [-0.39, 0.29) is 6.04 Å². The Balaban J connectivity index is 3.75. The van der Waals surface area contributed by atoms with Crippen LogP contribution in [-0.4, -0.2) is 6.04 Å². The standard InChI is InChI=1S/C18H35N/c1-5-7-14-18(16(3)6-2)15-12-10-8-9-11-13-17(4)19/h16-18H,5-8,10,12-15,19H2,1-4H3. The van der Waals surface area contributed by atoms with E-state index in [4.69, 9.17) is 5.73 Å². The first-order valence-corrected chi connectivity index (χ1v) is 8.33. The average molecular weight is 265 g/mol. The van der Waals surface area contributed by atoms with Gasteiger partial charge in [-0.1, -0.05) is 59.3 Å². The quantitative estimate of drug-likeness (QED) is 0.429. The highest BCUT2D eigenvalue weighted by Gasteiger charge is 2.14. The molecule has 19 heavy (non-hydrogen) atoms. The minimum atomic E-state index is 0.219. The van der Waals surface area contributed by atoms with E-state index in [0.717, 1.165) is 24.7 Å². The maximum Gasteiger partial charge on any atom is 0.0238 e. The molecule has 1 nitrogen and oxygen atoms in total. The Hall–Kier alpha value is -0.480. The lowest BCUT2D eigenvalue weighted by Gasteiger charge is -2.22. The van der Waals surface area contributed by atoms with Gasteiger partial charge in [-0.3, -0.25) is 0 Å². The molecule has 0 aromatic heterocycles. The molecule has 0 aromatic rings. The molecule has 0 fully saturated rings. The first-order valence-electron chi connectivity index (χ1n) is 8.33. The molecule has 0 radical (unpaired) electrons. The second-order valence-corrected chi connectivity index (χ2v) is 6.07. The van der Waals surface area contributed by atoms with Gasteiger partial charge in [0, 0.05) is 18.9 Å². The van der Waals surface area contributed by atoms with Gasteiger partial charge in [-0.25, -0.2) is 0 Å².